The summed E-state index contributed by atoms with van der Waals surface area (Å²) < 4.78 is 38.8. The number of amides is 1. The van der Waals surface area contributed by atoms with Gasteiger partial charge in [-0.1, -0.05) is 44.4 Å². The molecule has 17 heteroatoms. The van der Waals surface area contributed by atoms with E-state index in [1.165, 1.54) is 24.3 Å². The second-order valence-electron chi connectivity index (χ2n) is 11.3. The second-order valence-corrected chi connectivity index (χ2v) is 13.1. The molecule has 3 N–H and O–H groups in total. The minimum atomic E-state index is -4.19. The lowest BCUT2D eigenvalue weighted by Gasteiger charge is -2.35. The van der Waals surface area contributed by atoms with Crippen molar-refractivity contribution in [3.05, 3.63) is 35.5 Å². The van der Waals surface area contributed by atoms with E-state index in [2.05, 4.69) is 15.1 Å². The Kier molecular flexibility index (Phi) is 13.5. The SMILES string of the molecule is CCC[C@H](N[C@@H](C)C(=O)N1[C@H](C(=O)O)C[C@@H]2CCCC[C@@H]21)C(=O)OCC.O=C(O)CCOc1no[n+]([O-])c1S(=O)(=O)c1ccccc1. The van der Waals surface area contributed by atoms with Gasteiger partial charge in [0.15, 0.2) is 0 Å². The van der Waals surface area contributed by atoms with Crippen LogP contribution in [0.25, 0.3) is 0 Å². The number of likely N-dealkylation sites (tertiary alicyclic amines) is 1. The van der Waals surface area contributed by atoms with Gasteiger partial charge in [0.2, 0.25) is 5.91 Å². The first-order chi connectivity index (χ1) is 22.3. The van der Waals surface area contributed by atoms with Gasteiger partial charge in [0.1, 0.15) is 18.7 Å². The van der Waals surface area contributed by atoms with Crippen molar-refractivity contribution < 1.29 is 56.8 Å². The number of aromatic nitrogens is 2. The zero-order valence-corrected chi connectivity index (χ0v) is 27.4. The minimum absolute atomic E-state index is 0.00817. The van der Waals surface area contributed by atoms with E-state index in [1.807, 2.05) is 6.92 Å². The van der Waals surface area contributed by atoms with Crippen LogP contribution in [-0.2, 0) is 33.8 Å². The van der Waals surface area contributed by atoms with Gasteiger partial charge in [0.25, 0.3) is 9.84 Å². The molecule has 2 heterocycles. The molecule has 1 saturated carbocycles. The number of fused-ring (bicyclic) bond motifs is 1. The maximum Gasteiger partial charge on any atom is 0.414 e. The number of nitrogens with zero attached hydrogens (tertiary/aromatic N) is 3. The van der Waals surface area contributed by atoms with Crippen molar-refractivity contribution in [1.29, 1.82) is 0 Å². The van der Waals surface area contributed by atoms with E-state index in [1.54, 1.807) is 24.8 Å². The number of benzene rings is 1. The monoisotopic (exact) mass is 682 g/mol. The van der Waals surface area contributed by atoms with E-state index in [-0.39, 0.29) is 46.7 Å². The molecular weight excluding hydrogens is 640 g/mol. The molecule has 260 valence electrons. The van der Waals surface area contributed by atoms with Crippen LogP contribution < -0.4 is 15.0 Å². The second kappa shape index (κ2) is 17.1. The van der Waals surface area contributed by atoms with Crippen molar-refractivity contribution in [3.63, 3.8) is 0 Å². The highest BCUT2D eigenvalue weighted by Gasteiger charge is 2.48. The number of aliphatic carboxylic acids is 2. The van der Waals surface area contributed by atoms with E-state index in [9.17, 15) is 37.9 Å². The molecule has 16 nitrogen and oxygen atoms in total. The zero-order valence-electron chi connectivity index (χ0n) is 26.6. The predicted octanol–water partition coefficient (Wildman–Crippen LogP) is 1.93. The molecule has 4 rings (SSSR count). The van der Waals surface area contributed by atoms with Crippen LogP contribution in [0.2, 0.25) is 0 Å². The van der Waals surface area contributed by atoms with Crippen LogP contribution in [0.4, 0.5) is 0 Å². The van der Waals surface area contributed by atoms with Gasteiger partial charge < -0.3 is 29.8 Å². The fourth-order valence-corrected chi connectivity index (χ4v) is 7.17. The van der Waals surface area contributed by atoms with Gasteiger partial charge in [-0.05, 0) is 62.5 Å². The van der Waals surface area contributed by atoms with Crippen LogP contribution in [0.1, 0.15) is 72.1 Å². The van der Waals surface area contributed by atoms with Crippen molar-refractivity contribution in [2.75, 3.05) is 13.2 Å². The molecule has 0 radical (unpaired) electrons. The molecule has 1 amide bonds. The lowest BCUT2D eigenvalue weighted by Crippen LogP contribution is -2.55. The maximum atomic E-state index is 13.1. The molecule has 0 spiro atoms. The first-order valence-electron chi connectivity index (χ1n) is 15.5. The van der Waals surface area contributed by atoms with Gasteiger partial charge in [-0.3, -0.25) is 24.3 Å². The molecule has 47 heavy (non-hydrogen) atoms. The largest absolute Gasteiger partial charge is 0.481 e. The predicted molar refractivity (Wildman–Crippen MR) is 162 cm³/mol. The molecule has 5 atom stereocenters. The molecule has 2 aromatic rings. The number of ether oxygens (including phenoxy) is 2. The van der Waals surface area contributed by atoms with Crippen LogP contribution in [0.15, 0.2) is 44.9 Å². The zero-order chi connectivity index (χ0) is 34.7. The molecule has 2 aliphatic rings. The summed E-state index contributed by atoms with van der Waals surface area (Å²) in [6.07, 6.45) is 5.50. The minimum Gasteiger partial charge on any atom is -0.481 e. The third-order valence-corrected chi connectivity index (χ3v) is 9.73. The molecule has 1 aliphatic heterocycles. The van der Waals surface area contributed by atoms with Gasteiger partial charge in [-0.2, -0.15) is 0 Å². The smallest absolute Gasteiger partial charge is 0.414 e. The average molecular weight is 683 g/mol. The summed E-state index contributed by atoms with van der Waals surface area (Å²) in [4.78, 5) is 48.4. The summed E-state index contributed by atoms with van der Waals surface area (Å²) in [5, 5.41) is 35.0. The molecule has 0 unspecified atom stereocenters. The highest BCUT2D eigenvalue weighted by atomic mass is 32.2. The van der Waals surface area contributed by atoms with E-state index in [0.717, 1.165) is 32.1 Å². The highest BCUT2D eigenvalue weighted by molar-refractivity contribution is 7.91. The lowest BCUT2D eigenvalue weighted by atomic mass is 9.84. The standard InChI is InChI=1S/C19H32N2O5.C11H10N2O7S/c1-4-8-14(19(25)26-5-2)20-12(3)17(22)21-15-10-7-6-9-13(15)11-16(21)18(23)24;14-9(15)6-7-19-10-11(13(16)20-12-10)21(17,18)8-4-2-1-3-5-8/h12-16,20H,4-11H2,1-3H3,(H,23,24);1-5H,6-7H2,(H,14,15)/t12-,13-,14-,15-,16-;/m0./s1. The van der Waals surface area contributed by atoms with Gasteiger partial charge >= 0.3 is 28.8 Å². The van der Waals surface area contributed by atoms with Gasteiger partial charge in [-0.25, -0.2) is 13.2 Å². The number of carboxylic acids is 2. The number of hydrogen-bond donors (Lipinski definition) is 3. The fraction of sp³-hybridized carbons (Fsp3) is 0.600. The summed E-state index contributed by atoms with van der Waals surface area (Å²) in [5.41, 5.74) is 0. The number of carboxylic acid groups (broad SMARTS) is 2. The Hall–Kier alpha value is -4.25. The third kappa shape index (κ3) is 9.41. The van der Waals surface area contributed by atoms with Gasteiger partial charge in [-0.15, -0.1) is 0 Å². The summed E-state index contributed by atoms with van der Waals surface area (Å²) in [7, 11) is -4.19. The molecule has 1 aliphatic carbocycles. The number of carbonyl (C=O) groups excluding carboxylic acids is 2. The number of sulfone groups is 1. The Balaban J connectivity index is 0.000000261. The van der Waals surface area contributed by atoms with Crippen molar-refractivity contribution >= 4 is 33.7 Å². The van der Waals surface area contributed by atoms with Crippen LogP contribution in [0.3, 0.4) is 0 Å². The summed E-state index contributed by atoms with van der Waals surface area (Å²) in [6.45, 7) is 5.37. The normalized spacial score (nSPS) is 20.2. The number of esters is 1. The van der Waals surface area contributed by atoms with E-state index in [0.29, 0.717) is 19.4 Å². The van der Waals surface area contributed by atoms with E-state index < -0.39 is 50.8 Å². The quantitative estimate of drug-likeness (QED) is 0.191. The Morgan fingerprint density at radius 3 is 2.45 bits per heavy atom. The summed E-state index contributed by atoms with van der Waals surface area (Å²) >= 11 is 0. The third-order valence-electron chi connectivity index (χ3n) is 8.01. The molecule has 0 bridgehead atoms. The van der Waals surface area contributed by atoms with Crippen LogP contribution in [-0.4, -0.2) is 89.9 Å². The molecule has 1 aromatic carbocycles. The van der Waals surface area contributed by atoms with Gasteiger partial charge in [0.05, 0.1) is 29.1 Å². The molecule has 1 saturated heterocycles. The van der Waals surface area contributed by atoms with Crippen molar-refractivity contribution in [2.24, 2.45) is 5.92 Å². The fourth-order valence-electron chi connectivity index (χ4n) is 5.87. The Morgan fingerprint density at radius 1 is 1.15 bits per heavy atom. The Bertz CT molecular complexity index is 1480. The van der Waals surface area contributed by atoms with Crippen LogP contribution in [0, 0.1) is 11.1 Å². The topological polar surface area (TPSA) is 230 Å². The van der Waals surface area contributed by atoms with Crippen molar-refractivity contribution in [1.82, 2.24) is 15.4 Å². The van der Waals surface area contributed by atoms with Crippen molar-refractivity contribution in [3.8, 4) is 5.88 Å². The summed E-state index contributed by atoms with van der Waals surface area (Å²) in [5.74, 6) is -2.96. The summed E-state index contributed by atoms with van der Waals surface area (Å²) in [6, 6.07) is 5.25. The molecule has 2 fully saturated rings. The van der Waals surface area contributed by atoms with Crippen molar-refractivity contribution in [2.45, 2.75) is 106 Å². The lowest BCUT2D eigenvalue weighted by molar-refractivity contribution is -0.832. The highest BCUT2D eigenvalue weighted by Crippen LogP contribution is 2.40. The maximum absolute atomic E-state index is 13.1. The number of carbonyl (C=O) groups is 4. The van der Waals surface area contributed by atoms with E-state index in [4.69, 9.17) is 14.6 Å². The first-order valence-corrected chi connectivity index (χ1v) is 17.0. The molecular formula is C30H42N4O12S. The number of rotatable bonds is 14. The Labute approximate surface area is 272 Å². The number of hydrogen-bond acceptors (Lipinski definition) is 12. The van der Waals surface area contributed by atoms with Gasteiger partial charge in [0, 0.05) is 6.04 Å². The molecule has 1 aromatic heterocycles. The van der Waals surface area contributed by atoms with E-state index >= 15 is 0 Å². The van der Waals surface area contributed by atoms with Crippen LogP contribution >= 0.6 is 0 Å². The Morgan fingerprint density at radius 2 is 1.83 bits per heavy atom. The first kappa shape index (κ1) is 37.2. The average Bonchev–Trinajstić information content (AvgIpc) is 3.62. The number of nitrogens with one attached hydrogen (secondary N) is 1. The van der Waals surface area contributed by atoms with Crippen LogP contribution in [0.5, 0.6) is 5.88 Å².